The van der Waals surface area contributed by atoms with Gasteiger partial charge in [0.1, 0.15) is 0 Å². The molecule has 1 rings (SSSR count). The van der Waals surface area contributed by atoms with Gasteiger partial charge in [0.15, 0.2) is 15.0 Å². The van der Waals surface area contributed by atoms with Crippen LogP contribution in [0, 0.1) is 0 Å². The lowest BCUT2D eigenvalue weighted by Crippen LogP contribution is -2.06. The molecule has 1 aromatic rings. The molecule has 0 aliphatic heterocycles. The number of rotatable bonds is 3. The van der Waals surface area contributed by atoms with E-state index in [9.17, 15) is 8.42 Å². The molecule has 1 heterocycles. The Labute approximate surface area is 79.8 Å². The molecule has 0 spiro atoms. The third kappa shape index (κ3) is 1.94. The van der Waals surface area contributed by atoms with Gasteiger partial charge in [-0.3, -0.25) is 0 Å². The van der Waals surface area contributed by atoms with Crippen LogP contribution in [0.15, 0.2) is 5.03 Å². The van der Waals surface area contributed by atoms with E-state index < -0.39 is 9.84 Å². The second-order valence-corrected chi connectivity index (χ2v) is 5.09. The molecule has 0 bridgehead atoms. The molecular weight excluding hydrogens is 220 g/mol. The highest BCUT2D eigenvalue weighted by molar-refractivity contribution is 7.91. The Morgan fingerprint density at radius 3 is 2.58 bits per heavy atom. The van der Waals surface area contributed by atoms with Gasteiger partial charge in [-0.25, -0.2) is 8.42 Å². The van der Waals surface area contributed by atoms with Gasteiger partial charge in [-0.1, -0.05) is 18.5 Å². The molecule has 0 radical (unpaired) electrons. The molecule has 0 aliphatic rings. The van der Waals surface area contributed by atoms with Gasteiger partial charge in [0.2, 0.25) is 5.03 Å². The van der Waals surface area contributed by atoms with Gasteiger partial charge < -0.3 is 0 Å². The zero-order valence-corrected chi connectivity index (χ0v) is 8.71. The quantitative estimate of drug-likeness (QED) is 0.781. The Morgan fingerprint density at radius 1 is 1.50 bits per heavy atom. The number of hydrogen-bond acceptors (Lipinski definition) is 5. The molecule has 0 fully saturated rings. The van der Waals surface area contributed by atoms with Gasteiger partial charge in [-0.2, -0.15) is 8.75 Å². The van der Waals surface area contributed by atoms with Crippen molar-refractivity contribution in [3.05, 3.63) is 5.15 Å². The van der Waals surface area contributed by atoms with Crippen molar-refractivity contribution in [2.75, 3.05) is 5.75 Å². The van der Waals surface area contributed by atoms with Crippen LogP contribution in [0.3, 0.4) is 0 Å². The van der Waals surface area contributed by atoms with E-state index >= 15 is 0 Å². The molecule has 0 unspecified atom stereocenters. The van der Waals surface area contributed by atoms with Crippen molar-refractivity contribution in [1.29, 1.82) is 0 Å². The molecule has 0 aromatic carbocycles. The summed E-state index contributed by atoms with van der Waals surface area (Å²) in [6.07, 6.45) is 0.552. The summed E-state index contributed by atoms with van der Waals surface area (Å²) < 4.78 is 29.9. The van der Waals surface area contributed by atoms with Gasteiger partial charge in [0.25, 0.3) is 0 Å². The van der Waals surface area contributed by atoms with Crippen LogP contribution < -0.4 is 0 Å². The average Bonchev–Trinajstić information content (AvgIpc) is 2.35. The van der Waals surface area contributed by atoms with Crippen LogP contribution in [0.25, 0.3) is 0 Å². The van der Waals surface area contributed by atoms with Crippen molar-refractivity contribution in [1.82, 2.24) is 8.75 Å². The summed E-state index contributed by atoms with van der Waals surface area (Å²) in [5, 5.41) is -0.107. The number of hydrogen-bond donors (Lipinski definition) is 0. The highest BCUT2D eigenvalue weighted by atomic mass is 35.5. The van der Waals surface area contributed by atoms with Gasteiger partial charge >= 0.3 is 0 Å². The van der Waals surface area contributed by atoms with Gasteiger partial charge in [0.05, 0.1) is 17.5 Å². The Morgan fingerprint density at radius 2 is 2.17 bits per heavy atom. The second-order valence-electron chi connectivity index (χ2n) is 2.18. The molecule has 0 aliphatic carbocycles. The van der Waals surface area contributed by atoms with E-state index in [4.69, 9.17) is 11.6 Å². The van der Waals surface area contributed by atoms with Crippen LogP contribution in [0.5, 0.6) is 0 Å². The van der Waals surface area contributed by atoms with Crippen LogP contribution in [-0.4, -0.2) is 22.9 Å². The fourth-order valence-corrected chi connectivity index (χ4v) is 3.26. The lowest BCUT2D eigenvalue weighted by Gasteiger charge is -1.96. The normalized spacial score (nSPS) is 11.8. The van der Waals surface area contributed by atoms with Crippen molar-refractivity contribution in [3.63, 3.8) is 0 Å². The van der Waals surface area contributed by atoms with Crippen molar-refractivity contribution in [3.8, 4) is 0 Å². The van der Waals surface area contributed by atoms with Crippen molar-refractivity contribution in [2.24, 2.45) is 0 Å². The van der Waals surface area contributed by atoms with Crippen LogP contribution in [-0.2, 0) is 9.84 Å². The minimum atomic E-state index is -3.29. The Hall–Kier alpha value is -0.200. The summed E-state index contributed by atoms with van der Waals surface area (Å²) in [7, 11) is -3.29. The maximum absolute atomic E-state index is 11.3. The van der Waals surface area contributed by atoms with E-state index in [1.165, 1.54) is 0 Å². The van der Waals surface area contributed by atoms with Gasteiger partial charge in [-0.15, -0.1) is 0 Å². The van der Waals surface area contributed by atoms with Crippen LogP contribution in [0.4, 0.5) is 0 Å². The highest BCUT2D eigenvalue weighted by Gasteiger charge is 2.20. The van der Waals surface area contributed by atoms with Crippen molar-refractivity contribution < 1.29 is 8.42 Å². The standard InChI is InChI=1S/C5H7ClN2O2S2/c1-2-3-12(9,10)5-4(6)7-11-8-5/h2-3H2,1H3. The second kappa shape index (κ2) is 3.68. The predicted molar refractivity (Wildman–Crippen MR) is 47.3 cm³/mol. The summed E-state index contributed by atoms with van der Waals surface area (Å²) in [5.74, 6) is 0.0676. The molecule has 0 amide bonds. The minimum absolute atomic E-state index is 0.0200. The van der Waals surface area contributed by atoms with Gasteiger partial charge in [-0.05, 0) is 6.42 Å². The topological polar surface area (TPSA) is 59.9 Å². The summed E-state index contributed by atoms with van der Waals surface area (Å²) >= 11 is 6.33. The fraction of sp³-hybridized carbons (Fsp3) is 0.600. The van der Waals surface area contributed by atoms with Crippen LogP contribution in [0.2, 0.25) is 5.15 Å². The summed E-state index contributed by atoms with van der Waals surface area (Å²) in [6, 6.07) is 0. The number of aromatic nitrogens is 2. The molecule has 12 heavy (non-hydrogen) atoms. The maximum Gasteiger partial charge on any atom is 0.207 e. The largest absolute Gasteiger partial charge is 0.222 e. The zero-order chi connectivity index (χ0) is 9.19. The molecule has 1 aromatic heterocycles. The molecule has 7 heteroatoms. The molecule has 0 saturated carbocycles. The lowest BCUT2D eigenvalue weighted by atomic mass is 10.6. The van der Waals surface area contributed by atoms with Crippen molar-refractivity contribution in [2.45, 2.75) is 18.4 Å². The number of nitrogens with zero attached hydrogens (tertiary/aromatic N) is 2. The third-order valence-corrected chi connectivity index (χ3v) is 4.13. The first kappa shape index (κ1) is 9.88. The molecule has 68 valence electrons. The zero-order valence-electron chi connectivity index (χ0n) is 6.32. The first-order valence-corrected chi connectivity index (χ1v) is 6.05. The Balaban J connectivity index is 3.06. The number of halogens is 1. The smallest absolute Gasteiger partial charge is 0.207 e. The summed E-state index contributed by atoms with van der Waals surface area (Å²) in [6.45, 7) is 1.78. The third-order valence-electron chi connectivity index (χ3n) is 1.19. The Bertz CT molecular complexity index is 359. The summed E-state index contributed by atoms with van der Waals surface area (Å²) in [4.78, 5) is 0. The van der Waals surface area contributed by atoms with E-state index in [0.717, 1.165) is 11.7 Å². The van der Waals surface area contributed by atoms with E-state index in [1.54, 1.807) is 6.92 Å². The number of sulfone groups is 1. The first-order valence-electron chi connectivity index (χ1n) is 3.28. The van der Waals surface area contributed by atoms with Crippen LogP contribution in [0.1, 0.15) is 13.3 Å². The highest BCUT2D eigenvalue weighted by Crippen LogP contribution is 2.19. The van der Waals surface area contributed by atoms with E-state index in [0.29, 0.717) is 6.42 Å². The van der Waals surface area contributed by atoms with Gasteiger partial charge in [0, 0.05) is 0 Å². The van der Waals surface area contributed by atoms with Crippen molar-refractivity contribution >= 4 is 33.2 Å². The Kier molecular flexibility index (Phi) is 3.03. The molecule has 0 N–H and O–H groups in total. The SMILES string of the molecule is CCCS(=O)(=O)c1nsnc1Cl. The molecule has 4 nitrogen and oxygen atoms in total. The minimum Gasteiger partial charge on any atom is -0.222 e. The summed E-state index contributed by atoms with van der Waals surface area (Å²) in [5.41, 5.74) is 0. The molecule has 0 atom stereocenters. The average molecular weight is 227 g/mol. The lowest BCUT2D eigenvalue weighted by molar-refractivity contribution is 0.592. The maximum atomic E-state index is 11.3. The van der Waals surface area contributed by atoms with E-state index in [1.807, 2.05) is 0 Å². The first-order chi connectivity index (χ1) is 5.58. The predicted octanol–water partition coefficient (Wildman–Crippen LogP) is 1.38. The van der Waals surface area contributed by atoms with Crippen LogP contribution >= 0.6 is 23.3 Å². The molecular formula is C5H7ClN2O2S2. The monoisotopic (exact) mass is 226 g/mol. The van der Waals surface area contributed by atoms with E-state index in [-0.39, 0.29) is 15.9 Å². The molecule has 0 saturated heterocycles. The van der Waals surface area contributed by atoms with E-state index in [2.05, 4.69) is 8.75 Å². The fourth-order valence-electron chi connectivity index (χ4n) is 0.721.